The summed E-state index contributed by atoms with van der Waals surface area (Å²) in [6, 6.07) is 5.00. The van der Waals surface area contributed by atoms with Crippen molar-refractivity contribution in [1.82, 2.24) is 5.32 Å². The van der Waals surface area contributed by atoms with E-state index in [1.807, 2.05) is 20.8 Å². The van der Waals surface area contributed by atoms with Crippen molar-refractivity contribution in [3.63, 3.8) is 0 Å². The number of Topliss-reactive ketones (excluding diaryl/α,β-unsaturated/α-hetero) is 1. The molecule has 0 saturated carbocycles. The molecule has 0 aliphatic rings. The lowest BCUT2D eigenvalue weighted by Gasteiger charge is -2.18. The summed E-state index contributed by atoms with van der Waals surface area (Å²) in [5.74, 6) is 0.963. The van der Waals surface area contributed by atoms with Crippen molar-refractivity contribution in [2.24, 2.45) is 5.92 Å². The second-order valence-corrected chi connectivity index (χ2v) is 5.31. The normalized spacial score (nSPS) is 11.9. The van der Waals surface area contributed by atoms with Gasteiger partial charge in [0, 0.05) is 6.04 Å². The number of carbonyl (C=O) groups excluding carboxylic acids is 2. The van der Waals surface area contributed by atoms with E-state index in [1.165, 1.54) is 14.0 Å². The van der Waals surface area contributed by atoms with E-state index in [0.29, 0.717) is 23.0 Å². The Hall–Kier alpha value is -2.04. The van der Waals surface area contributed by atoms with Crippen molar-refractivity contribution >= 4 is 11.7 Å². The second kappa shape index (κ2) is 7.67. The summed E-state index contributed by atoms with van der Waals surface area (Å²) >= 11 is 0. The number of benzene rings is 1. The third-order valence-corrected chi connectivity index (χ3v) is 3.31. The third kappa shape index (κ3) is 5.10. The Morgan fingerprint density at radius 1 is 1.24 bits per heavy atom. The fourth-order valence-electron chi connectivity index (χ4n) is 1.64. The Kier molecular flexibility index (Phi) is 6.21. The van der Waals surface area contributed by atoms with Crippen LogP contribution in [0.15, 0.2) is 18.2 Å². The highest BCUT2D eigenvalue weighted by Crippen LogP contribution is 2.24. The molecule has 0 unspecified atom stereocenters. The molecule has 0 radical (unpaired) electrons. The Labute approximate surface area is 125 Å². The Bertz CT molecular complexity index is 511. The number of hydrogen-bond donors (Lipinski definition) is 1. The van der Waals surface area contributed by atoms with Gasteiger partial charge in [-0.3, -0.25) is 9.59 Å². The van der Waals surface area contributed by atoms with Crippen LogP contribution >= 0.6 is 0 Å². The van der Waals surface area contributed by atoms with Crippen molar-refractivity contribution in [1.29, 1.82) is 0 Å². The molecule has 0 spiro atoms. The minimum atomic E-state index is -0.207. The maximum Gasteiger partial charge on any atom is 0.258 e. The van der Waals surface area contributed by atoms with Crippen LogP contribution in [0.3, 0.4) is 0 Å². The van der Waals surface area contributed by atoms with Crippen molar-refractivity contribution < 1.29 is 19.1 Å². The Balaban J connectivity index is 2.71. The van der Waals surface area contributed by atoms with Crippen LogP contribution in [0.25, 0.3) is 0 Å². The molecular weight excluding hydrogens is 270 g/mol. The molecule has 1 rings (SSSR count). The number of methoxy groups -OCH3 is 1. The molecule has 1 atom stereocenters. The number of nitrogens with one attached hydrogen (secondary N) is 1. The predicted molar refractivity (Wildman–Crippen MR) is 80.9 cm³/mol. The number of carbonyl (C=O) groups is 2. The van der Waals surface area contributed by atoms with Gasteiger partial charge >= 0.3 is 0 Å². The molecule has 0 fully saturated rings. The minimum Gasteiger partial charge on any atom is -0.497 e. The van der Waals surface area contributed by atoms with Gasteiger partial charge in [0.05, 0.1) is 12.7 Å². The van der Waals surface area contributed by atoms with Gasteiger partial charge in [0.2, 0.25) is 0 Å². The molecule has 0 bridgehead atoms. The van der Waals surface area contributed by atoms with Crippen LogP contribution in [0.4, 0.5) is 0 Å². The van der Waals surface area contributed by atoms with Gasteiger partial charge in [-0.05, 0) is 38.0 Å². The van der Waals surface area contributed by atoms with Gasteiger partial charge < -0.3 is 14.8 Å². The molecule has 1 aromatic rings. The van der Waals surface area contributed by atoms with E-state index in [9.17, 15) is 9.59 Å². The van der Waals surface area contributed by atoms with Crippen LogP contribution in [0, 0.1) is 5.92 Å². The van der Waals surface area contributed by atoms with Gasteiger partial charge in [-0.2, -0.15) is 0 Å². The molecule has 0 heterocycles. The van der Waals surface area contributed by atoms with Crippen molar-refractivity contribution in [2.75, 3.05) is 13.7 Å². The number of ether oxygens (including phenoxy) is 2. The first-order valence-electron chi connectivity index (χ1n) is 6.96. The van der Waals surface area contributed by atoms with Gasteiger partial charge in [-0.25, -0.2) is 0 Å². The number of hydrogen-bond acceptors (Lipinski definition) is 4. The molecule has 116 valence electrons. The van der Waals surface area contributed by atoms with Crippen LogP contribution in [0.2, 0.25) is 0 Å². The lowest BCUT2D eigenvalue weighted by Crippen LogP contribution is -2.39. The number of ketones is 1. The molecule has 1 aromatic carbocycles. The zero-order chi connectivity index (χ0) is 16.0. The van der Waals surface area contributed by atoms with E-state index in [0.717, 1.165) is 0 Å². The summed E-state index contributed by atoms with van der Waals surface area (Å²) in [5, 5.41) is 2.85. The summed E-state index contributed by atoms with van der Waals surface area (Å²) in [7, 11) is 1.53. The van der Waals surface area contributed by atoms with Crippen LogP contribution < -0.4 is 14.8 Å². The molecule has 5 nitrogen and oxygen atoms in total. The molecule has 21 heavy (non-hydrogen) atoms. The second-order valence-electron chi connectivity index (χ2n) is 5.31. The fraction of sp³-hybridized carbons (Fsp3) is 0.500. The first-order valence-corrected chi connectivity index (χ1v) is 6.96. The highest BCUT2D eigenvalue weighted by molar-refractivity contribution is 5.97. The number of amides is 1. The smallest absolute Gasteiger partial charge is 0.258 e. The molecular formula is C16H23NO4. The molecule has 1 amide bonds. The molecule has 0 aliphatic carbocycles. The largest absolute Gasteiger partial charge is 0.497 e. The molecule has 1 N–H and O–H groups in total. The monoisotopic (exact) mass is 293 g/mol. The van der Waals surface area contributed by atoms with Crippen LogP contribution in [0.1, 0.15) is 38.1 Å². The van der Waals surface area contributed by atoms with Gasteiger partial charge in [0.25, 0.3) is 5.91 Å². The quantitative estimate of drug-likeness (QED) is 0.784. The first kappa shape index (κ1) is 17.0. The standard InChI is InChI=1S/C16H23NO4/c1-10(2)11(3)17-16(19)9-21-15-7-6-13(20-5)8-14(15)12(4)18/h6-8,10-11H,9H2,1-5H3,(H,17,19)/t11-/m1/s1. The molecule has 0 aliphatic heterocycles. The van der Waals surface area contributed by atoms with E-state index < -0.39 is 0 Å². The van der Waals surface area contributed by atoms with E-state index in [1.54, 1.807) is 18.2 Å². The number of rotatable bonds is 7. The van der Waals surface area contributed by atoms with E-state index in [4.69, 9.17) is 9.47 Å². The average Bonchev–Trinajstić information content (AvgIpc) is 2.44. The van der Waals surface area contributed by atoms with Crippen molar-refractivity contribution in [2.45, 2.75) is 33.7 Å². The zero-order valence-corrected chi connectivity index (χ0v) is 13.2. The topological polar surface area (TPSA) is 64.6 Å². The lowest BCUT2D eigenvalue weighted by molar-refractivity contribution is -0.124. The van der Waals surface area contributed by atoms with Crippen molar-refractivity contribution in [3.8, 4) is 11.5 Å². The van der Waals surface area contributed by atoms with Crippen LogP contribution in [0.5, 0.6) is 11.5 Å². The van der Waals surface area contributed by atoms with Gasteiger partial charge in [0.15, 0.2) is 12.4 Å². The summed E-state index contributed by atoms with van der Waals surface area (Å²) in [4.78, 5) is 23.4. The lowest BCUT2D eigenvalue weighted by atomic mass is 10.1. The van der Waals surface area contributed by atoms with Gasteiger partial charge in [-0.15, -0.1) is 0 Å². The van der Waals surface area contributed by atoms with Gasteiger partial charge in [0.1, 0.15) is 11.5 Å². The molecule has 0 saturated heterocycles. The van der Waals surface area contributed by atoms with Crippen molar-refractivity contribution in [3.05, 3.63) is 23.8 Å². The summed E-state index contributed by atoms with van der Waals surface area (Å²) in [5.41, 5.74) is 0.402. The third-order valence-electron chi connectivity index (χ3n) is 3.31. The van der Waals surface area contributed by atoms with E-state index in [2.05, 4.69) is 5.32 Å². The average molecular weight is 293 g/mol. The van der Waals surface area contributed by atoms with Crippen LogP contribution in [-0.2, 0) is 4.79 Å². The van der Waals surface area contributed by atoms with E-state index >= 15 is 0 Å². The molecule has 5 heteroatoms. The van der Waals surface area contributed by atoms with Crippen LogP contribution in [-0.4, -0.2) is 31.4 Å². The fourth-order valence-corrected chi connectivity index (χ4v) is 1.64. The summed E-state index contributed by atoms with van der Waals surface area (Å²) < 4.78 is 10.5. The maximum absolute atomic E-state index is 11.8. The molecule has 0 aromatic heterocycles. The summed E-state index contributed by atoms with van der Waals surface area (Å²) in [6.45, 7) is 7.33. The maximum atomic E-state index is 11.8. The summed E-state index contributed by atoms with van der Waals surface area (Å²) in [6.07, 6.45) is 0. The first-order chi connectivity index (χ1) is 9.85. The Morgan fingerprint density at radius 2 is 1.90 bits per heavy atom. The van der Waals surface area contributed by atoms with Gasteiger partial charge in [-0.1, -0.05) is 13.8 Å². The Morgan fingerprint density at radius 3 is 2.43 bits per heavy atom. The highest BCUT2D eigenvalue weighted by atomic mass is 16.5. The SMILES string of the molecule is COc1ccc(OCC(=O)N[C@H](C)C(C)C)c(C(C)=O)c1. The minimum absolute atomic E-state index is 0.0734. The van der Waals surface area contributed by atoms with E-state index in [-0.39, 0.29) is 24.3 Å². The zero-order valence-electron chi connectivity index (χ0n) is 13.2. The predicted octanol–water partition coefficient (Wildman–Crippen LogP) is 2.44. The highest BCUT2D eigenvalue weighted by Gasteiger charge is 2.14.